The average Bonchev–Trinajstić information content (AvgIpc) is 2.82. The molecule has 2 amide bonds. The number of carbonyl (C=O) groups is 2. The fourth-order valence-corrected chi connectivity index (χ4v) is 3.54. The summed E-state index contributed by atoms with van der Waals surface area (Å²) in [6.45, 7) is 4.50. The van der Waals surface area contributed by atoms with E-state index >= 15 is 0 Å². The molecule has 1 aromatic carbocycles. The molecule has 0 unspecified atom stereocenters. The molecule has 7 heteroatoms. The Kier molecular flexibility index (Phi) is 6.50. The third kappa shape index (κ3) is 3.99. The van der Waals surface area contributed by atoms with Crippen molar-refractivity contribution in [1.29, 1.82) is 0 Å². The Morgan fingerprint density at radius 1 is 1.04 bits per heavy atom. The van der Waals surface area contributed by atoms with Crippen LogP contribution in [0.4, 0.5) is 0 Å². The Labute approximate surface area is 152 Å². The molecule has 25 heavy (non-hydrogen) atoms. The molecule has 1 aromatic rings. The van der Waals surface area contributed by atoms with Gasteiger partial charge in [-0.25, -0.2) is 0 Å². The summed E-state index contributed by atoms with van der Waals surface area (Å²) >= 11 is 1.39. The van der Waals surface area contributed by atoms with Crippen LogP contribution in [0.5, 0.6) is 11.5 Å². The van der Waals surface area contributed by atoms with Gasteiger partial charge in [-0.3, -0.25) is 14.5 Å². The van der Waals surface area contributed by atoms with Gasteiger partial charge in [0.2, 0.25) is 0 Å². The first-order chi connectivity index (χ1) is 11.9. The number of ether oxygens (including phenoxy) is 3. The summed E-state index contributed by atoms with van der Waals surface area (Å²) in [5.74, 6) is 0.498. The Morgan fingerprint density at radius 3 is 2.28 bits per heavy atom. The molecule has 1 aliphatic rings. The maximum atomic E-state index is 12.9. The second kappa shape index (κ2) is 8.40. The molecular formula is C18H23NO5S. The van der Waals surface area contributed by atoms with Gasteiger partial charge in [0.25, 0.3) is 11.8 Å². The predicted molar refractivity (Wildman–Crippen MR) is 97.8 cm³/mol. The van der Waals surface area contributed by atoms with Crippen LogP contribution in [-0.2, 0) is 14.3 Å². The van der Waals surface area contributed by atoms with Crippen molar-refractivity contribution in [2.75, 3.05) is 34.5 Å². The van der Waals surface area contributed by atoms with E-state index < -0.39 is 0 Å². The van der Waals surface area contributed by atoms with Crippen molar-refractivity contribution in [1.82, 2.24) is 4.90 Å². The van der Waals surface area contributed by atoms with Crippen LogP contribution in [0.1, 0.15) is 19.4 Å². The largest absolute Gasteiger partial charge is 0.493 e. The second-order valence-electron chi connectivity index (χ2n) is 5.70. The summed E-state index contributed by atoms with van der Waals surface area (Å²) in [5, 5.41) is 0.171. The van der Waals surface area contributed by atoms with Gasteiger partial charge in [-0.15, -0.1) is 11.8 Å². The van der Waals surface area contributed by atoms with E-state index in [0.717, 1.165) is 0 Å². The van der Waals surface area contributed by atoms with E-state index in [1.54, 1.807) is 25.3 Å². The van der Waals surface area contributed by atoms with E-state index in [2.05, 4.69) is 0 Å². The fraction of sp³-hybridized carbons (Fsp3) is 0.444. The Bertz CT molecular complexity index is 699. The molecule has 0 fully saturated rings. The summed E-state index contributed by atoms with van der Waals surface area (Å²) in [4.78, 5) is 27.3. The standard InChI is InChI=1S/C18H23NO5S/c1-11(2)25-16-15(17(20)19(18(16)21)8-9-22-3)12-6-7-13(23-4)14(10-12)24-5/h6-7,10-11H,8-9H2,1-5H3. The lowest BCUT2D eigenvalue weighted by Crippen LogP contribution is -2.34. The van der Waals surface area contributed by atoms with Gasteiger partial charge >= 0.3 is 0 Å². The second-order valence-corrected chi connectivity index (χ2v) is 7.28. The van der Waals surface area contributed by atoms with Crippen LogP contribution in [-0.4, -0.2) is 56.4 Å². The Balaban J connectivity index is 2.50. The van der Waals surface area contributed by atoms with Crippen molar-refractivity contribution >= 4 is 29.1 Å². The van der Waals surface area contributed by atoms with Crippen LogP contribution in [0, 0.1) is 0 Å². The van der Waals surface area contributed by atoms with Gasteiger partial charge in [-0.05, 0) is 17.7 Å². The number of hydrogen-bond donors (Lipinski definition) is 0. The van der Waals surface area contributed by atoms with Crippen LogP contribution in [0.25, 0.3) is 5.57 Å². The van der Waals surface area contributed by atoms with Crippen molar-refractivity contribution < 1.29 is 23.8 Å². The molecule has 0 aliphatic carbocycles. The van der Waals surface area contributed by atoms with Gasteiger partial charge in [0.05, 0.1) is 37.8 Å². The van der Waals surface area contributed by atoms with E-state index in [4.69, 9.17) is 14.2 Å². The molecule has 1 heterocycles. The molecule has 6 nitrogen and oxygen atoms in total. The normalized spacial score (nSPS) is 14.7. The molecule has 2 rings (SSSR count). The maximum absolute atomic E-state index is 12.9. The van der Waals surface area contributed by atoms with Crippen molar-refractivity contribution in [3.8, 4) is 11.5 Å². The summed E-state index contributed by atoms with van der Waals surface area (Å²) in [7, 11) is 4.62. The van der Waals surface area contributed by atoms with Gasteiger partial charge in [0.1, 0.15) is 0 Å². The molecule has 1 aliphatic heterocycles. The molecule has 0 bridgehead atoms. The van der Waals surface area contributed by atoms with E-state index in [1.807, 2.05) is 13.8 Å². The van der Waals surface area contributed by atoms with Crippen LogP contribution in [0.15, 0.2) is 23.1 Å². The van der Waals surface area contributed by atoms with Crippen molar-refractivity contribution in [2.45, 2.75) is 19.1 Å². The number of amides is 2. The summed E-state index contributed by atoms with van der Waals surface area (Å²) < 4.78 is 15.6. The Morgan fingerprint density at radius 2 is 1.72 bits per heavy atom. The highest BCUT2D eigenvalue weighted by Crippen LogP contribution is 2.40. The molecule has 136 valence electrons. The molecular weight excluding hydrogens is 342 g/mol. The van der Waals surface area contributed by atoms with Crippen molar-refractivity contribution in [2.24, 2.45) is 0 Å². The van der Waals surface area contributed by atoms with Crippen LogP contribution in [0.2, 0.25) is 0 Å². The third-order valence-electron chi connectivity index (χ3n) is 3.67. The van der Waals surface area contributed by atoms with E-state index in [9.17, 15) is 9.59 Å². The number of rotatable bonds is 8. The number of nitrogens with zero attached hydrogens (tertiary/aromatic N) is 1. The minimum absolute atomic E-state index is 0.171. The number of imide groups is 1. The van der Waals surface area contributed by atoms with Gasteiger partial charge in [0, 0.05) is 12.4 Å². The lowest BCUT2D eigenvalue weighted by Gasteiger charge is -2.14. The van der Waals surface area contributed by atoms with E-state index in [0.29, 0.717) is 34.1 Å². The van der Waals surface area contributed by atoms with Gasteiger partial charge in [-0.1, -0.05) is 19.9 Å². The molecule has 0 saturated heterocycles. The maximum Gasteiger partial charge on any atom is 0.268 e. The number of methoxy groups -OCH3 is 3. The highest BCUT2D eigenvalue weighted by molar-refractivity contribution is 8.04. The van der Waals surface area contributed by atoms with Gasteiger partial charge < -0.3 is 14.2 Å². The fourth-order valence-electron chi connectivity index (χ4n) is 2.53. The molecule has 0 saturated carbocycles. The zero-order valence-electron chi connectivity index (χ0n) is 15.1. The summed E-state index contributed by atoms with van der Waals surface area (Å²) in [5.41, 5.74) is 1.04. The minimum Gasteiger partial charge on any atom is -0.493 e. The first-order valence-corrected chi connectivity index (χ1v) is 8.81. The first-order valence-electron chi connectivity index (χ1n) is 7.93. The number of thioether (sulfide) groups is 1. The molecule has 0 atom stereocenters. The topological polar surface area (TPSA) is 65.1 Å². The van der Waals surface area contributed by atoms with Crippen LogP contribution in [0.3, 0.4) is 0 Å². The van der Waals surface area contributed by atoms with Crippen molar-refractivity contribution in [3.05, 3.63) is 28.7 Å². The highest BCUT2D eigenvalue weighted by atomic mass is 32.2. The third-order valence-corrected chi connectivity index (χ3v) is 4.76. The monoisotopic (exact) mass is 365 g/mol. The Hall–Kier alpha value is -1.99. The zero-order valence-corrected chi connectivity index (χ0v) is 15.9. The van der Waals surface area contributed by atoms with Crippen LogP contribution >= 0.6 is 11.8 Å². The quantitative estimate of drug-likeness (QED) is 0.660. The summed E-state index contributed by atoms with van der Waals surface area (Å²) in [6, 6.07) is 5.22. The predicted octanol–water partition coefficient (Wildman–Crippen LogP) is 2.57. The number of benzene rings is 1. The zero-order chi connectivity index (χ0) is 18.6. The van der Waals surface area contributed by atoms with E-state index in [-0.39, 0.29) is 23.6 Å². The summed E-state index contributed by atoms with van der Waals surface area (Å²) in [6.07, 6.45) is 0. The lowest BCUT2D eigenvalue weighted by atomic mass is 10.1. The first kappa shape index (κ1) is 19.3. The molecule has 0 spiro atoms. The van der Waals surface area contributed by atoms with Crippen LogP contribution < -0.4 is 9.47 Å². The number of carbonyl (C=O) groups excluding carboxylic acids is 2. The van der Waals surface area contributed by atoms with Gasteiger partial charge in [-0.2, -0.15) is 0 Å². The average molecular weight is 365 g/mol. The molecule has 0 N–H and O–H groups in total. The van der Waals surface area contributed by atoms with Crippen molar-refractivity contribution in [3.63, 3.8) is 0 Å². The number of hydrogen-bond acceptors (Lipinski definition) is 6. The SMILES string of the molecule is COCCN1C(=O)C(SC(C)C)=C(c2ccc(OC)c(OC)c2)C1=O. The molecule has 0 radical (unpaired) electrons. The highest BCUT2D eigenvalue weighted by Gasteiger charge is 2.39. The molecule has 0 aromatic heterocycles. The lowest BCUT2D eigenvalue weighted by molar-refractivity contribution is -0.137. The smallest absolute Gasteiger partial charge is 0.268 e. The van der Waals surface area contributed by atoms with Gasteiger partial charge in [0.15, 0.2) is 11.5 Å². The minimum atomic E-state index is -0.308. The van der Waals surface area contributed by atoms with E-state index in [1.165, 1.54) is 30.9 Å².